The molecule has 0 saturated carbocycles. The van der Waals surface area contributed by atoms with Gasteiger partial charge >= 0.3 is 0 Å². The number of carbonyl (C=O) groups is 1. The molecule has 0 atom stereocenters. The van der Waals surface area contributed by atoms with Crippen molar-refractivity contribution in [3.63, 3.8) is 0 Å². The molecule has 0 saturated heterocycles. The number of hydrogen-bond donors (Lipinski definition) is 0. The molecule has 0 fully saturated rings. The molecule has 0 spiro atoms. The summed E-state index contributed by atoms with van der Waals surface area (Å²) in [6, 6.07) is 7.50. The molecule has 3 rings (SSSR count). The van der Waals surface area contributed by atoms with Crippen molar-refractivity contribution >= 4 is 23.6 Å². The summed E-state index contributed by atoms with van der Waals surface area (Å²) in [5, 5.41) is 5.16. The predicted octanol–water partition coefficient (Wildman–Crippen LogP) is 3.89. The van der Waals surface area contributed by atoms with Crippen molar-refractivity contribution in [1.29, 1.82) is 0 Å². The monoisotopic (exact) mass is 343 g/mol. The van der Waals surface area contributed by atoms with Crippen molar-refractivity contribution in [1.82, 2.24) is 14.7 Å². The van der Waals surface area contributed by atoms with E-state index in [1.807, 2.05) is 35.4 Å². The summed E-state index contributed by atoms with van der Waals surface area (Å²) >= 11 is 6.12. The molecular weight excluding hydrogens is 322 g/mol. The van der Waals surface area contributed by atoms with Gasteiger partial charge in [-0.1, -0.05) is 29.8 Å². The molecule has 0 radical (unpaired) electrons. The molecule has 1 aliphatic rings. The van der Waals surface area contributed by atoms with Crippen molar-refractivity contribution in [2.75, 3.05) is 6.54 Å². The Labute approximate surface area is 147 Å². The SMILES string of the molecule is CC(C)(C)n1ncc2c1CCN(C(=O)/C=C/c1ccccc1Cl)C2. The van der Waals surface area contributed by atoms with Crippen LogP contribution in [-0.2, 0) is 23.3 Å². The van der Waals surface area contributed by atoms with Gasteiger partial charge in [0.1, 0.15) is 0 Å². The number of amides is 1. The van der Waals surface area contributed by atoms with E-state index in [9.17, 15) is 4.79 Å². The first-order valence-electron chi connectivity index (χ1n) is 8.14. The second-order valence-electron chi connectivity index (χ2n) is 7.06. The molecule has 5 heteroatoms. The maximum Gasteiger partial charge on any atom is 0.246 e. The molecule has 1 amide bonds. The van der Waals surface area contributed by atoms with Gasteiger partial charge in [-0.15, -0.1) is 0 Å². The third-order valence-electron chi connectivity index (χ3n) is 4.19. The lowest BCUT2D eigenvalue weighted by Crippen LogP contribution is -2.36. The van der Waals surface area contributed by atoms with E-state index in [-0.39, 0.29) is 11.4 Å². The highest BCUT2D eigenvalue weighted by molar-refractivity contribution is 6.32. The molecule has 2 aromatic rings. The lowest BCUT2D eigenvalue weighted by molar-refractivity contribution is -0.126. The van der Waals surface area contributed by atoms with Crippen LogP contribution in [0.3, 0.4) is 0 Å². The summed E-state index contributed by atoms with van der Waals surface area (Å²) < 4.78 is 2.07. The van der Waals surface area contributed by atoms with E-state index in [1.54, 1.807) is 12.2 Å². The molecule has 24 heavy (non-hydrogen) atoms. The zero-order valence-corrected chi connectivity index (χ0v) is 15.0. The molecule has 0 N–H and O–H groups in total. The Morgan fingerprint density at radius 2 is 2.04 bits per heavy atom. The maximum atomic E-state index is 12.5. The molecule has 1 aromatic heterocycles. The highest BCUT2D eigenvalue weighted by Crippen LogP contribution is 2.24. The molecule has 2 heterocycles. The molecule has 126 valence electrons. The van der Waals surface area contributed by atoms with Crippen molar-refractivity contribution in [2.24, 2.45) is 0 Å². The van der Waals surface area contributed by atoms with E-state index >= 15 is 0 Å². The normalized spacial score (nSPS) is 14.9. The minimum atomic E-state index is -0.0380. The van der Waals surface area contributed by atoms with E-state index in [4.69, 9.17) is 11.6 Å². The highest BCUT2D eigenvalue weighted by atomic mass is 35.5. The van der Waals surface area contributed by atoms with Crippen LogP contribution < -0.4 is 0 Å². The van der Waals surface area contributed by atoms with Crippen LogP contribution >= 0.6 is 11.6 Å². The van der Waals surface area contributed by atoms with Gasteiger partial charge in [-0.25, -0.2) is 0 Å². The van der Waals surface area contributed by atoms with Crippen LogP contribution in [0.2, 0.25) is 5.02 Å². The van der Waals surface area contributed by atoms with Gasteiger partial charge in [0.05, 0.1) is 11.7 Å². The van der Waals surface area contributed by atoms with E-state index < -0.39 is 0 Å². The largest absolute Gasteiger partial charge is 0.334 e. The maximum absolute atomic E-state index is 12.5. The van der Waals surface area contributed by atoms with Crippen LogP contribution in [0.4, 0.5) is 0 Å². The first-order chi connectivity index (χ1) is 11.4. The lowest BCUT2D eigenvalue weighted by Gasteiger charge is -2.29. The molecular formula is C19H22ClN3O. The van der Waals surface area contributed by atoms with Gasteiger partial charge in [-0.3, -0.25) is 9.48 Å². The summed E-state index contributed by atoms with van der Waals surface area (Å²) in [5.74, 6) is 0.00378. The third-order valence-corrected chi connectivity index (χ3v) is 4.54. The summed E-state index contributed by atoms with van der Waals surface area (Å²) in [5.41, 5.74) is 3.19. The molecule has 4 nitrogen and oxygen atoms in total. The fraction of sp³-hybridized carbons (Fsp3) is 0.368. The van der Waals surface area contributed by atoms with Gasteiger partial charge in [0.15, 0.2) is 0 Å². The average molecular weight is 344 g/mol. The van der Waals surface area contributed by atoms with Crippen molar-refractivity contribution in [3.8, 4) is 0 Å². The van der Waals surface area contributed by atoms with Gasteiger partial charge in [-0.05, 0) is 38.5 Å². The summed E-state index contributed by atoms with van der Waals surface area (Å²) in [7, 11) is 0. The van der Waals surface area contributed by atoms with Crippen LogP contribution in [0.25, 0.3) is 6.08 Å². The summed E-state index contributed by atoms with van der Waals surface area (Å²) in [6.07, 6.45) is 6.09. The second kappa shape index (κ2) is 6.44. The predicted molar refractivity (Wildman–Crippen MR) is 96.8 cm³/mol. The molecule has 1 aliphatic heterocycles. The lowest BCUT2D eigenvalue weighted by atomic mass is 10.0. The molecule has 0 bridgehead atoms. The van der Waals surface area contributed by atoms with Crippen LogP contribution in [-0.4, -0.2) is 27.1 Å². The van der Waals surface area contributed by atoms with E-state index in [0.717, 1.165) is 17.5 Å². The van der Waals surface area contributed by atoms with Crippen LogP contribution in [0.1, 0.15) is 37.6 Å². The number of benzene rings is 1. The van der Waals surface area contributed by atoms with Gasteiger partial charge in [-0.2, -0.15) is 5.10 Å². The minimum Gasteiger partial charge on any atom is -0.334 e. The zero-order chi connectivity index (χ0) is 17.3. The summed E-state index contributed by atoms with van der Waals surface area (Å²) in [4.78, 5) is 14.3. The Bertz CT molecular complexity index is 786. The number of fused-ring (bicyclic) bond motifs is 1. The third kappa shape index (κ3) is 3.39. The Balaban J connectivity index is 1.73. The molecule has 0 unspecified atom stereocenters. The van der Waals surface area contributed by atoms with Crippen molar-refractivity contribution in [3.05, 3.63) is 58.4 Å². The van der Waals surface area contributed by atoms with E-state index in [1.165, 1.54) is 5.69 Å². The fourth-order valence-corrected chi connectivity index (χ4v) is 3.17. The van der Waals surface area contributed by atoms with E-state index in [2.05, 4.69) is 30.6 Å². The topological polar surface area (TPSA) is 38.1 Å². The van der Waals surface area contributed by atoms with Crippen molar-refractivity contribution in [2.45, 2.75) is 39.3 Å². The number of nitrogens with zero attached hydrogens (tertiary/aromatic N) is 3. The van der Waals surface area contributed by atoms with Crippen LogP contribution in [0.15, 0.2) is 36.5 Å². The Hall–Kier alpha value is -2.07. The zero-order valence-electron chi connectivity index (χ0n) is 14.3. The number of rotatable bonds is 2. The van der Waals surface area contributed by atoms with Gasteiger partial charge < -0.3 is 4.90 Å². The molecule has 1 aromatic carbocycles. The Kier molecular flexibility index (Phi) is 4.50. The Morgan fingerprint density at radius 1 is 1.29 bits per heavy atom. The number of aromatic nitrogens is 2. The van der Waals surface area contributed by atoms with Crippen LogP contribution in [0, 0.1) is 0 Å². The van der Waals surface area contributed by atoms with Gasteiger partial charge in [0.2, 0.25) is 5.91 Å². The molecule has 0 aliphatic carbocycles. The standard InChI is InChI=1S/C19H22ClN3O/c1-19(2,3)23-17-10-11-22(13-15(17)12-21-23)18(24)9-8-14-6-4-5-7-16(14)20/h4-9,12H,10-11,13H2,1-3H3/b9-8+. The number of hydrogen-bond acceptors (Lipinski definition) is 2. The van der Waals surface area contributed by atoms with Gasteiger partial charge in [0, 0.05) is 41.9 Å². The summed E-state index contributed by atoms with van der Waals surface area (Å²) in [6.45, 7) is 7.75. The van der Waals surface area contributed by atoms with Crippen molar-refractivity contribution < 1.29 is 4.79 Å². The Morgan fingerprint density at radius 3 is 2.75 bits per heavy atom. The average Bonchev–Trinajstić information content (AvgIpc) is 2.97. The van der Waals surface area contributed by atoms with Crippen LogP contribution in [0.5, 0.6) is 0 Å². The number of halogens is 1. The smallest absolute Gasteiger partial charge is 0.246 e. The fourth-order valence-electron chi connectivity index (χ4n) is 2.97. The number of carbonyl (C=O) groups excluding carboxylic acids is 1. The first-order valence-corrected chi connectivity index (χ1v) is 8.52. The van der Waals surface area contributed by atoms with E-state index in [0.29, 0.717) is 18.1 Å². The highest BCUT2D eigenvalue weighted by Gasteiger charge is 2.26. The second-order valence-corrected chi connectivity index (χ2v) is 7.47. The quantitative estimate of drug-likeness (QED) is 0.776. The van der Waals surface area contributed by atoms with Gasteiger partial charge in [0.25, 0.3) is 0 Å². The first kappa shape index (κ1) is 16.8. The minimum absolute atomic E-state index is 0.00378.